The van der Waals surface area contributed by atoms with E-state index < -0.39 is 20.6 Å². The highest BCUT2D eigenvalue weighted by Crippen LogP contribution is 2.54. The summed E-state index contributed by atoms with van der Waals surface area (Å²) >= 11 is 0. The number of rotatable bonds is 4. The summed E-state index contributed by atoms with van der Waals surface area (Å²) in [5, 5.41) is -0.620. The summed E-state index contributed by atoms with van der Waals surface area (Å²) in [6.07, 6.45) is 0. The van der Waals surface area contributed by atoms with Gasteiger partial charge in [-0.1, -0.05) is 13.0 Å². The van der Waals surface area contributed by atoms with Crippen molar-refractivity contribution in [2.45, 2.75) is 23.6 Å². The third-order valence-electron chi connectivity index (χ3n) is 4.20. The predicted molar refractivity (Wildman–Crippen MR) is 74.5 cm³/mol. The maximum absolute atomic E-state index is 12.2. The van der Waals surface area contributed by atoms with E-state index in [0.717, 1.165) is 5.56 Å². The van der Waals surface area contributed by atoms with Crippen molar-refractivity contribution in [3.63, 3.8) is 0 Å². The SMILES string of the molecule is CCS(=O)(=O)[C@@H]1[C@H](c2ccc3c(c2)OCO3)[C@]1(N)CN. The van der Waals surface area contributed by atoms with Crippen LogP contribution in [0.3, 0.4) is 0 Å². The van der Waals surface area contributed by atoms with E-state index in [1.54, 1.807) is 19.1 Å². The third kappa shape index (κ3) is 1.81. The Balaban J connectivity index is 1.98. The minimum absolute atomic E-state index is 0.0671. The lowest BCUT2D eigenvalue weighted by molar-refractivity contribution is 0.174. The Morgan fingerprint density at radius 1 is 1.35 bits per heavy atom. The van der Waals surface area contributed by atoms with Crippen LogP contribution in [0.2, 0.25) is 0 Å². The molecular formula is C13H18N2O4S. The molecule has 2 aliphatic rings. The summed E-state index contributed by atoms with van der Waals surface area (Å²) in [4.78, 5) is 0. The molecule has 7 heteroatoms. The van der Waals surface area contributed by atoms with Crippen LogP contribution in [0, 0.1) is 0 Å². The van der Waals surface area contributed by atoms with E-state index in [1.807, 2.05) is 6.07 Å². The van der Waals surface area contributed by atoms with Crippen LogP contribution in [-0.4, -0.2) is 38.3 Å². The molecule has 1 aliphatic carbocycles. The van der Waals surface area contributed by atoms with Gasteiger partial charge in [0.2, 0.25) is 6.79 Å². The Kier molecular flexibility index (Phi) is 2.97. The lowest BCUT2D eigenvalue weighted by Gasteiger charge is -2.08. The standard InChI is InChI=1S/C13H18N2O4S/c1-2-20(16,17)12-11(13(12,15)6-14)8-3-4-9-10(5-8)19-7-18-9/h3-5,11-12H,2,6-7,14-15H2,1H3/t11-,12+,13+/m0/s1. The second-order valence-electron chi connectivity index (χ2n) is 5.28. The Morgan fingerprint density at radius 3 is 2.70 bits per heavy atom. The highest BCUT2D eigenvalue weighted by atomic mass is 32.2. The van der Waals surface area contributed by atoms with E-state index in [2.05, 4.69) is 0 Å². The molecular weight excluding hydrogens is 280 g/mol. The van der Waals surface area contributed by atoms with Crippen molar-refractivity contribution in [3.05, 3.63) is 23.8 Å². The summed E-state index contributed by atoms with van der Waals surface area (Å²) in [5.74, 6) is 1.07. The Bertz CT molecular complexity index is 646. The molecule has 1 aliphatic heterocycles. The smallest absolute Gasteiger partial charge is 0.231 e. The molecule has 20 heavy (non-hydrogen) atoms. The molecule has 4 N–H and O–H groups in total. The minimum Gasteiger partial charge on any atom is -0.454 e. The highest BCUT2D eigenvalue weighted by Gasteiger charge is 2.67. The average molecular weight is 298 g/mol. The van der Waals surface area contributed by atoms with Gasteiger partial charge in [-0.25, -0.2) is 8.42 Å². The number of fused-ring (bicyclic) bond motifs is 1. The number of benzene rings is 1. The number of ether oxygens (including phenoxy) is 2. The number of sulfone groups is 1. The van der Waals surface area contributed by atoms with Crippen LogP contribution in [0.5, 0.6) is 11.5 Å². The molecule has 110 valence electrons. The minimum atomic E-state index is -3.23. The monoisotopic (exact) mass is 298 g/mol. The first-order valence-corrected chi connectivity index (χ1v) is 8.25. The molecule has 6 nitrogen and oxygen atoms in total. The fourth-order valence-electron chi connectivity index (χ4n) is 2.98. The molecule has 1 heterocycles. The van der Waals surface area contributed by atoms with Crippen molar-refractivity contribution >= 4 is 9.84 Å². The second-order valence-corrected chi connectivity index (χ2v) is 7.69. The molecule has 0 amide bonds. The van der Waals surface area contributed by atoms with Crippen LogP contribution in [-0.2, 0) is 9.84 Å². The van der Waals surface area contributed by atoms with Gasteiger partial charge in [-0.15, -0.1) is 0 Å². The van der Waals surface area contributed by atoms with Gasteiger partial charge < -0.3 is 20.9 Å². The summed E-state index contributed by atoms with van der Waals surface area (Å²) in [7, 11) is -3.23. The third-order valence-corrected chi connectivity index (χ3v) is 6.49. The lowest BCUT2D eigenvalue weighted by atomic mass is 10.1. The first-order valence-electron chi connectivity index (χ1n) is 6.54. The summed E-state index contributed by atoms with van der Waals surface area (Å²) in [6.45, 7) is 1.95. The molecule has 0 radical (unpaired) electrons. The van der Waals surface area contributed by atoms with Gasteiger partial charge in [-0.05, 0) is 17.7 Å². The summed E-state index contributed by atoms with van der Waals surface area (Å²) in [6, 6.07) is 5.42. The Labute approximate surface area is 118 Å². The van der Waals surface area contributed by atoms with Gasteiger partial charge in [-0.2, -0.15) is 0 Å². The quantitative estimate of drug-likeness (QED) is 0.809. The fraction of sp³-hybridized carbons (Fsp3) is 0.538. The van der Waals surface area contributed by atoms with Crippen molar-refractivity contribution in [1.82, 2.24) is 0 Å². The Hall–Kier alpha value is -1.31. The molecule has 0 saturated heterocycles. The van der Waals surface area contributed by atoms with Crippen molar-refractivity contribution in [1.29, 1.82) is 0 Å². The molecule has 0 bridgehead atoms. The van der Waals surface area contributed by atoms with Crippen molar-refractivity contribution in [2.24, 2.45) is 11.5 Å². The maximum atomic E-state index is 12.2. The summed E-state index contributed by atoms with van der Waals surface area (Å²) in [5.41, 5.74) is 11.9. The van der Waals surface area contributed by atoms with E-state index in [1.165, 1.54) is 0 Å². The van der Waals surface area contributed by atoms with Gasteiger partial charge in [-0.3, -0.25) is 0 Å². The van der Waals surface area contributed by atoms with Crippen molar-refractivity contribution < 1.29 is 17.9 Å². The van der Waals surface area contributed by atoms with Crippen LogP contribution >= 0.6 is 0 Å². The van der Waals surface area contributed by atoms with Gasteiger partial charge in [0, 0.05) is 18.2 Å². The van der Waals surface area contributed by atoms with E-state index in [0.29, 0.717) is 11.5 Å². The molecule has 3 rings (SSSR count). The van der Waals surface area contributed by atoms with Gasteiger partial charge >= 0.3 is 0 Å². The Morgan fingerprint density at radius 2 is 2.05 bits per heavy atom. The second kappa shape index (κ2) is 4.34. The molecule has 1 aromatic carbocycles. The van der Waals surface area contributed by atoms with Crippen LogP contribution in [0.25, 0.3) is 0 Å². The topological polar surface area (TPSA) is 105 Å². The maximum Gasteiger partial charge on any atom is 0.231 e. The van der Waals surface area contributed by atoms with Crippen LogP contribution in [0.1, 0.15) is 18.4 Å². The van der Waals surface area contributed by atoms with Gasteiger partial charge in [0.15, 0.2) is 21.3 Å². The van der Waals surface area contributed by atoms with Gasteiger partial charge in [0.25, 0.3) is 0 Å². The average Bonchev–Trinajstić information content (AvgIpc) is 2.83. The molecule has 0 unspecified atom stereocenters. The fourth-order valence-corrected chi connectivity index (χ4v) is 5.00. The first-order chi connectivity index (χ1) is 9.44. The number of nitrogens with two attached hydrogens (primary N) is 2. The van der Waals surface area contributed by atoms with Crippen molar-refractivity contribution in [3.8, 4) is 11.5 Å². The lowest BCUT2D eigenvalue weighted by Crippen LogP contribution is -2.39. The highest BCUT2D eigenvalue weighted by molar-refractivity contribution is 7.92. The van der Waals surface area contributed by atoms with Crippen molar-refractivity contribution in [2.75, 3.05) is 19.1 Å². The van der Waals surface area contributed by atoms with E-state index >= 15 is 0 Å². The van der Waals surface area contributed by atoms with Gasteiger partial charge in [0.05, 0.1) is 10.8 Å². The number of hydrogen-bond acceptors (Lipinski definition) is 6. The van der Waals surface area contributed by atoms with Crippen LogP contribution in [0.15, 0.2) is 18.2 Å². The van der Waals surface area contributed by atoms with E-state index in [4.69, 9.17) is 20.9 Å². The zero-order valence-electron chi connectivity index (χ0n) is 11.2. The largest absolute Gasteiger partial charge is 0.454 e. The molecule has 1 saturated carbocycles. The normalized spacial score (nSPS) is 31.4. The summed E-state index contributed by atoms with van der Waals surface area (Å²) < 4.78 is 34.9. The van der Waals surface area contributed by atoms with Crippen LogP contribution < -0.4 is 20.9 Å². The van der Waals surface area contributed by atoms with Crippen LogP contribution in [0.4, 0.5) is 0 Å². The molecule has 1 fully saturated rings. The van der Waals surface area contributed by atoms with Gasteiger partial charge in [0.1, 0.15) is 0 Å². The first kappa shape index (κ1) is 13.7. The molecule has 3 atom stereocenters. The zero-order valence-corrected chi connectivity index (χ0v) is 12.0. The predicted octanol–water partition coefficient (Wildman–Crippen LogP) is -0.0280. The zero-order chi connectivity index (χ0) is 14.5. The van der Waals surface area contributed by atoms with E-state index in [9.17, 15) is 8.42 Å². The molecule has 0 aromatic heterocycles. The molecule has 1 aromatic rings. The number of hydrogen-bond donors (Lipinski definition) is 2. The van der Waals surface area contributed by atoms with E-state index in [-0.39, 0.29) is 25.0 Å². The molecule has 0 spiro atoms.